The monoisotopic (exact) mass is 212 g/mol. The van der Waals surface area contributed by atoms with Crippen molar-refractivity contribution in [1.29, 1.82) is 0 Å². The highest BCUT2D eigenvalue weighted by Crippen LogP contribution is 2.37. The molecule has 2 rings (SSSR count). The van der Waals surface area contributed by atoms with Crippen molar-refractivity contribution in [3.05, 3.63) is 34.9 Å². The Labute approximate surface area is 87.7 Å². The molecule has 0 aromatic heterocycles. The van der Waals surface area contributed by atoms with Gasteiger partial charge in [-0.15, -0.1) is 0 Å². The molecule has 1 aromatic carbocycles. The third-order valence-electron chi connectivity index (χ3n) is 3.08. The maximum atomic E-state index is 13.1. The largest absolute Gasteiger partial charge is 0.393 e. The van der Waals surface area contributed by atoms with Gasteiger partial charge in [-0.1, -0.05) is 13.8 Å². The molecular weight excluding hydrogens is 198 g/mol. The highest BCUT2D eigenvalue weighted by Gasteiger charge is 2.33. The molecule has 0 bridgehead atoms. The highest BCUT2D eigenvalue weighted by molar-refractivity contribution is 5.37. The van der Waals surface area contributed by atoms with E-state index in [4.69, 9.17) is 0 Å². The van der Waals surface area contributed by atoms with Crippen molar-refractivity contribution in [2.75, 3.05) is 0 Å². The normalized spacial score (nSPS) is 23.7. The van der Waals surface area contributed by atoms with Crippen LogP contribution in [0.4, 0.5) is 8.78 Å². The van der Waals surface area contributed by atoms with Crippen LogP contribution in [0.1, 0.15) is 31.4 Å². The van der Waals surface area contributed by atoms with Crippen LogP contribution in [-0.2, 0) is 11.8 Å². The second-order valence-corrected chi connectivity index (χ2v) is 4.87. The first-order valence-electron chi connectivity index (χ1n) is 5.06. The van der Waals surface area contributed by atoms with Gasteiger partial charge in [-0.2, -0.15) is 0 Å². The SMILES string of the molecule is CC1(C)CC(O)Cc2cc(F)c(F)cc21. The maximum Gasteiger partial charge on any atom is 0.159 e. The molecule has 0 spiro atoms. The van der Waals surface area contributed by atoms with E-state index in [0.29, 0.717) is 12.8 Å². The summed E-state index contributed by atoms with van der Waals surface area (Å²) in [6, 6.07) is 2.46. The van der Waals surface area contributed by atoms with Gasteiger partial charge in [0.25, 0.3) is 0 Å². The molecule has 1 aromatic rings. The van der Waals surface area contributed by atoms with Crippen molar-refractivity contribution in [1.82, 2.24) is 0 Å². The molecular formula is C12H14F2O. The van der Waals surface area contributed by atoms with Crippen molar-refractivity contribution >= 4 is 0 Å². The summed E-state index contributed by atoms with van der Waals surface area (Å²) in [6.45, 7) is 3.87. The lowest BCUT2D eigenvalue weighted by Gasteiger charge is -2.35. The van der Waals surface area contributed by atoms with Crippen LogP contribution in [0.3, 0.4) is 0 Å². The van der Waals surface area contributed by atoms with Gasteiger partial charge >= 0.3 is 0 Å². The molecule has 1 unspecified atom stereocenters. The fraction of sp³-hybridized carbons (Fsp3) is 0.500. The summed E-state index contributed by atoms with van der Waals surface area (Å²) in [5, 5.41) is 9.64. The molecule has 0 amide bonds. The van der Waals surface area contributed by atoms with Crippen molar-refractivity contribution in [3.63, 3.8) is 0 Å². The summed E-state index contributed by atoms with van der Waals surface area (Å²) in [6.07, 6.45) is 0.540. The number of aliphatic hydroxyl groups excluding tert-OH is 1. The lowest BCUT2D eigenvalue weighted by Crippen LogP contribution is -2.33. The Morgan fingerprint density at radius 3 is 2.53 bits per heavy atom. The minimum absolute atomic E-state index is 0.290. The summed E-state index contributed by atoms with van der Waals surface area (Å²) in [5.74, 6) is -1.64. The summed E-state index contributed by atoms with van der Waals surface area (Å²) in [5.41, 5.74) is 1.24. The topological polar surface area (TPSA) is 20.2 Å². The summed E-state index contributed by atoms with van der Waals surface area (Å²) < 4.78 is 26.1. The molecule has 0 saturated heterocycles. The van der Waals surface area contributed by atoms with Gasteiger partial charge in [-0.25, -0.2) is 8.78 Å². The van der Waals surface area contributed by atoms with Crippen LogP contribution < -0.4 is 0 Å². The first-order chi connectivity index (χ1) is 6.90. The van der Waals surface area contributed by atoms with Gasteiger partial charge in [0.05, 0.1) is 6.10 Å². The molecule has 0 radical (unpaired) electrons. The predicted molar refractivity (Wildman–Crippen MR) is 53.7 cm³/mol. The zero-order valence-corrected chi connectivity index (χ0v) is 8.85. The van der Waals surface area contributed by atoms with Crippen molar-refractivity contribution in [3.8, 4) is 0 Å². The Morgan fingerprint density at radius 2 is 1.87 bits per heavy atom. The number of halogens is 2. The maximum absolute atomic E-state index is 13.1. The fourth-order valence-corrected chi connectivity index (χ4v) is 2.41. The standard InChI is InChI=1S/C12H14F2O/c1-12(2)6-8(15)3-7-4-10(13)11(14)5-9(7)12/h4-5,8,15H,3,6H2,1-2H3. The Morgan fingerprint density at radius 1 is 1.27 bits per heavy atom. The van der Waals surface area contributed by atoms with Crippen molar-refractivity contribution in [2.45, 2.75) is 38.2 Å². The van der Waals surface area contributed by atoms with Crippen LogP contribution in [0, 0.1) is 11.6 Å². The zero-order chi connectivity index (χ0) is 11.2. The number of rotatable bonds is 0. The second kappa shape index (κ2) is 3.27. The second-order valence-electron chi connectivity index (χ2n) is 4.87. The number of hydrogen-bond acceptors (Lipinski definition) is 1. The number of fused-ring (bicyclic) bond motifs is 1. The molecule has 15 heavy (non-hydrogen) atoms. The highest BCUT2D eigenvalue weighted by atomic mass is 19.2. The average Bonchev–Trinajstić information content (AvgIpc) is 2.07. The van der Waals surface area contributed by atoms with Gasteiger partial charge in [-0.05, 0) is 41.5 Å². The summed E-state index contributed by atoms with van der Waals surface area (Å²) >= 11 is 0. The number of benzene rings is 1. The Hall–Kier alpha value is -0.960. The van der Waals surface area contributed by atoms with Crippen LogP contribution >= 0.6 is 0 Å². The Balaban J connectivity index is 2.58. The first-order valence-corrected chi connectivity index (χ1v) is 5.06. The number of hydrogen-bond donors (Lipinski definition) is 1. The van der Waals surface area contributed by atoms with Crippen LogP contribution in [-0.4, -0.2) is 11.2 Å². The first kappa shape index (κ1) is 10.6. The average molecular weight is 212 g/mol. The van der Waals surface area contributed by atoms with Gasteiger partial charge in [0.15, 0.2) is 11.6 Å². The van der Waals surface area contributed by atoms with E-state index in [9.17, 15) is 13.9 Å². The van der Waals surface area contributed by atoms with Crippen LogP contribution in [0.15, 0.2) is 12.1 Å². The molecule has 0 heterocycles. The predicted octanol–water partition coefficient (Wildman–Crippen LogP) is 2.55. The van der Waals surface area contributed by atoms with E-state index in [2.05, 4.69) is 0 Å². The fourth-order valence-electron chi connectivity index (χ4n) is 2.41. The van der Waals surface area contributed by atoms with Gasteiger partial charge in [-0.3, -0.25) is 0 Å². The zero-order valence-electron chi connectivity index (χ0n) is 8.85. The molecule has 1 aliphatic rings. The molecule has 82 valence electrons. The molecule has 1 N–H and O–H groups in total. The lowest BCUT2D eigenvalue weighted by atomic mass is 9.71. The van der Waals surface area contributed by atoms with Crippen molar-refractivity contribution in [2.24, 2.45) is 0 Å². The van der Waals surface area contributed by atoms with E-state index in [-0.39, 0.29) is 5.41 Å². The number of aliphatic hydroxyl groups is 1. The molecule has 1 aliphatic carbocycles. The van der Waals surface area contributed by atoms with E-state index in [1.165, 1.54) is 12.1 Å². The van der Waals surface area contributed by atoms with Gasteiger partial charge in [0, 0.05) is 0 Å². The molecule has 0 aliphatic heterocycles. The summed E-state index contributed by atoms with van der Waals surface area (Å²) in [4.78, 5) is 0. The van der Waals surface area contributed by atoms with E-state index in [1.807, 2.05) is 13.8 Å². The molecule has 3 heteroatoms. The molecule has 1 nitrogen and oxygen atoms in total. The van der Waals surface area contributed by atoms with Crippen LogP contribution in [0.2, 0.25) is 0 Å². The van der Waals surface area contributed by atoms with Gasteiger partial charge in [0.2, 0.25) is 0 Å². The van der Waals surface area contributed by atoms with E-state index in [0.717, 1.165) is 11.1 Å². The van der Waals surface area contributed by atoms with E-state index >= 15 is 0 Å². The Kier molecular flexibility index (Phi) is 2.30. The molecule has 0 saturated carbocycles. The van der Waals surface area contributed by atoms with E-state index in [1.54, 1.807) is 0 Å². The summed E-state index contributed by atoms with van der Waals surface area (Å²) in [7, 11) is 0. The molecule has 0 fully saturated rings. The minimum atomic E-state index is -0.835. The minimum Gasteiger partial charge on any atom is -0.393 e. The van der Waals surface area contributed by atoms with Crippen LogP contribution in [0.25, 0.3) is 0 Å². The third kappa shape index (κ3) is 1.76. The van der Waals surface area contributed by atoms with Gasteiger partial charge in [0.1, 0.15) is 0 Å². The van der Waals surface area contributed by atoms with Gasteiger partial charge < -0.3 is 5.11 Å². The quantitative estimate of drug-likeness (QED) is 0.700. The van der Waals surface area contributed by atoms with E-state index < -0.39 is 17.7 Å². The van der Waals surface area contributed by atoms with Crippen molar-refractivity contribution < 1.29 is 13.9 Å². The smallest absolute Gasteiger partial charge is 0.159 e. The van der Waals surface area contributed by atoms with Crippen LogP contribution in [0.5, 0.6) is 0 Å². The third-order valence-corrected chi connectivity index (χ3v) is 3.08. The Bertz CT molecular complexity index is 399. The molecule has 1 atom stereocenters. The lowest BCUT2D eigenvalue weighted by molar-refractivity contribution is 0.127.